The van der Waals surface area contributed by atoms with E-state index in [4.69, 9.17) is 4.74 Å². The summed E-state index contributed by atoms with van der Waals surface area (Å²) >= 11 is 0. The predicted octanol–water partition coefficient (Wildman–Crippen LogP) is 6.00. The summed E-state index contributed by atoms with van der Waals surface area (Å²) in [6, 6.07) is 24.7. The Labute approximate surface area is 371 Å². The van der Waals surface area contributed by atoms with Gasteiger partial charge in [0.15, 0.2) is 0 Å². The number of rotatable bonds is 17. The van der Waals surface area contributed by atoms with Crippen molar-refractivity contribution in [1.82, 2.24) is 35.7 Å². The van der Waals surface area contributed by atoms with Crippen LogP contribution < -0.4 is 16.0 Å². The van der Waals surface area contributed by atoms with E-state index in [1.807, 2.05) is 114 Å². The maximum absolute atomic E-state index is 14.7. The molecule has 1 fully saturated rings. The molecule has 0 saturated carbocycles. The van der Waals surface area contributed by atoms with E-state index in [2.05, 4.69) is 25.9 Å². The van der Waals surface area contributed by atoms with Gasteiger partial charge in [0, 0.05) is 30.9 Å². The van der Waals surface area contributed by atoms with Crippen molar-refractivity contribution < 1.29 is 34.1 Å². The number of alkyl carbamates (subject to hydrolysis) is 1. The lowest BCUT2D eigenvalue weighted by molar-refractivity contribution is -0.131. The predicted molar refractivity (Wildman–Crippen MR) is 242 cm³/mol. The van der Waals surface area contributed by atoms with Gasteiger partial charge in [0.05, 0.1) is 42.9 Å². The fourth-order valence-corrected chi connectivity index (χ4v) is 7.92. The highest BCUT2D eigenvalue weighted by molar-refractivity contribution is 5.89. The summed E-state index contributed by atoms with van der Waals surface area (Å²) in [5, 5.41) is 31.7. The molecule has 14 nitrogen and oxygen atoms in total. The molecule has 63 heavy (non-hydrogen) atoms. The summed E-state index contributed by atoms with van der Waals surface area (Å²) in [6.07, 6.45) is 0.435. The minimum Gasteiger partial charge on any atom is -0.453 e. The van der Waals surface area contributed by atoms with E-state index in [1.54, 1.807) is 48.0 Å². The third kappa shape index (κ3) is 13.3. The Balaban J connectivity index is 1.41. The number of hydrogen-bond acceptors (Lipinski definition) is 9. The van der Waals surface area contributed by atoms with Crippen molar-refractivity contribution in [1.29, 1.82) is 0 Å². The van der Waals surface area contributed by atoms with Gasteiger partial charge in [-0.2, -0.15) is 0 Å². The van der Waals surface area contributed by atoms with E-state index < -0.39 is 64.6 Å². The number of nitrogens with zero attached hydrogens (tertiary/aromatic N) is 4. The Kier molecular flexibility index (Phi) is 15.7. The first-order valence-corrected chi connectivity index (χ1v) is 21.6. The molecule has 5 rings (SSSR count). The van der Waals surface area contributed by atoms with Crippen molar-refractivity contribution in [2.75, 3.05) is 20.2 Å². The van der Waals surface area contributed by atoms with Crippen LogP contribution in [0.4, 0.5) is 9.59 Å². The normalized spacial score (nSPS) is 15.8. The third-order valence-corrected chi connectivity index (χ3v) is 11.2. The van der Waals surface area contributed by atoms with Crippen LogP contribution in [0.25, 0.3) is 11.3 Å². The summed E-state index contributed by atoms with van der Waals surface area (Å²) in [6.45, 7) is 15.4. The lowest BCUT2D eigenvalue weighted by atomic mass is 9.84. The fraction of sp³-hybridized carbons (Fsp3) is 0.469. The third-order valence-electron chi connectivity index (χ3n) is 11.2. The Morgan fingerprint density at radius 3 is 2.03 bits per heavy atom. The summed E-state index contributed by atoms with van der Waals surface area (Å²) < 4.78 is 4.84. The molecule has 2 aromatic heterocycles. The number of ether oxygens (including phenoxy) is 1. The van der Waals surface area contributed by atoms with Crippen LogP contribution >= 0.6 is 0 Å². The second-order valence-corrected chi connectivity index (χ2v) is 19.1. The maximum atomic E-state index is 14.7. The summed E-state index contributed by atoms with van der Waals surface area (Å²) in [4.78, 5) is 67.5. The zero-order valence-corrected chi connectivity index (χ0v) is 38.1. The number of pyridine rings is 2. The van der Waals surface area contributed by atoms with Crippen LogP contribution in [0.2, 0.25) is 0 Å². The largest absolute Gasteiger partial charge is 0.453 e. The van der Waals surface area contributed by atoms with Crippen LogP contribution in [0.3, 0.4) is 0 Å². The molecule has 5 N–H and O–H groups in total. The van der Waals surface area contributed by atoms with Gasteiger partial charge in [-0.15, -0.1) is 0 Å². The number of aliphatic hydroxyl groups is 2. The van der Waals surface area contributed by atoms with Gasteiger partial charge < -0.3 is 40.7 Å². The first-order valence-electron chi connectivity index (χ1n) is 21.6. The average Bonchev–Trinajstić information content (AvgIpc) is 3.56. The van der Waals surface area contributed by atoms with Crippen molar-refractivity contribution in [3.63, 3.8) is 0 Å². The number of carbonyl (C=O) groups is 4. The van der Waals surface area contributed by atoms with Crippen LogP contribution in [0.15, 0.2) is 97.2 Å². The van der Waals surface area contributed by atoms with Crippen LogP contribution in [0, 0.1) is 10.8 Å². The molecule has 1 aliphatic rings. The number of aliphatic hydroxyl groups excluding tert-OH is 1. The topological polar surface area (TPSA) is 186 Å². The number of hydrogen-bond donors (Lipinski definition) is 5. The summed E-state index contributed by atoms with van der Waals surface area (Å²) in [5.74, 6) is -0.869. The van der Waals surface area contributed by atoms with E-state index >= 15 is 0 Å². The zero-order valence-electron chi connectivity index (χ0n) is 38.1. The molecular weight excluding hydrogens is 799 g/mol. The smallest absolute Gasteiger partial charge is 0.407 e. The monoisotopic (exact) mass is 863 g/mol. The van der Waals surface area contributed by atoms with Crippen LogP contribution in [0.1, 0.15) is 84.3 Å². The van der Waals surface area contributed by atoms with Crippen LogP contribution in [-0.4, -0.2) is 104 Å². The lowest BCUT2D eigenvalue weighted by Gasteiger charge is -2.38. The molecule has 3 heterocycles. The molecule has 4 aromatic rings. The second kappa shape index (κ2) is 20.5. The number of nitrogens with one attached hydrogen (secondary N) is 3. The van der Waals surface area contributed by atoms with E-state index in [-0.39, 0.29) is 25.4 Å². The Hall–Kier alpha value is -5.86. The highest BCUT2D eigenvalue weighted by Gasteiger charge is 2.44. The van der Waals surface area contributed by atoms with E-state index in [0.29, 0.717) is 30.9 Å². The van der Waals surface area contributed by atoms with Gasteiger partial charge in [-0.1, -0.05) is 108 Å². The first kappa shape index (κ1) is 48.2. The van der Waals surface area contributed by atoms with Gasteiger partial charge in [-0.05, 0) is 79.3 Å². The van der Waals surface area contributed by atoms with Crippen molar-refractivity contribution in [3.05, 3.63) is 120 Å². The molecule has 5 atom stereocenters. The van der Waals surface area contributed by atoms with Crippen molar-refractivity contribution in [2.24, 2.45) is 10.8 Å². The Morgan fingerprint density at radius 1 is 0.762 bits per heavy atom. The molecule has 0 bridgehead atoms. The van der Waals surface area contributed by atoms with Gasteiger partial charge in [0.25, 0.3) is 0 Å². The standard InChI is InChI=1S/C49H65N7O7/c1-47(2,3)41(54-45(60)63-9)43(58)52-36(28-33-21-23-34(24-22-33)37-19-13-14-25-50-37)30-39(57)38(29-32-16-11-10-12-17-32)53-44(59)42(48(4,5)6)56-27-26-55(46(56)61)31-35-18-15-20-40(51-35)49(7,8)62/h10-25,36,38-39,41-42,57,62H,26-31H2,1-9H3,(H,52,58)(H,53,59)(H,54,60)/t36-,38-,39-,41?,42?/m0/s1. The lowest BCUT2D eigenvalue weighted by Crippen LogP contribution is -2.59. The van der Waals surface area contributed by atoms with Crippen molar-refractivity contribution in [3.8, 4) is 11.3 Å². The molecule has 1 saturated heterocycles. The van der Waals surface area contributed by atoms with E-state index in [9.17, 15) is 29.4 Å². The highest BCUT2D eigenvalue weighted by atomic mass is 16.5. The average molecular weight is 864 g/mol. The molecular formula is C49H65N7O7. The maximum Gasteiger partial charge on any atom is 0.407 e. The molecule has 5 amide bonds. The number of carbonyl (C=O) groups excluding carboxylic acids is 4. The first-order chi connectivity index (χ1) is 29.6. The van der Waals surface area contributed by atoms with E-state index in [1.165, 1.54) is 7.11 Å². The molecule has 0 radical (unpaired) electrons. The van der Waals surface area contributed by atoms with Gasteiger partial charge in [0.1, 0.15) is 17.7 Å². The Morgan fingerprint density at radius 2 is 1.43 bits per heavy atom. The zero-order chi connectivity index (χ0) is 46.1. The molecule has 0 aliphatic carbocycles. The van der Waals surface area contributed by atoms with Gasteiger partial charge in [-0.25, -0.2) is 9.59 Å². The number of benzene rings is 2. The molecule has 338 valence electrons. The number of urea groups is 1. The van der Waals surface area contributed by atoms with Crippen molar-refractivity contribution in [2.45, 2.75) is 117 Å². The minimum absolute atomic E-state index is 0.0356. The van der Waals surface area contributed by atoms with Crippen LogP contribution in [-0.2, 0) is 39.3 Å². The van der Waals surface area contributed by atoms with Gasteiger partial charge >= 0.3 is 12.1 Å². The van der Waals surface area contributed by atoms with Crippen LogP contribution in [0.5, 0.6) is 0 Å². The molecule has 2 unspecified atom stereocenters. The van der Waals surface area contributed by atoms with Gasteiger partial charge in [0.2, 0.25) is 11.8 Å². The second-order valence-electron chi connectivity index (χ2n) is 19.1. The number of aromatic nitrogens is 2. The SMILES string of the molecule is COC(=O)NC(C(=O)N[C@@H](Cc1ccc(-c2ccccn2)cc1)C[C@H](O)[C@H](Cc1ccccc1)NC(=O)C(N1CCN(Cc2cccc(C(C)(C)O)n2)C1=O)C(C)(C)C)C(C)(C)C. The highest BCUT2D eigenvalue weighted by Crippen LogP contribution is 2.30. The number of methoxy groups -OCH3 is 1. The van der Waals surface area contributed by atoms with Gasteiger partial charge in [-0.3, -0.25) is 19.6 Å². The summed E-state index contributed by atoms with van der Waals surface area (Å²) in [7, 11) is 1.23. The minimum atomic E-state index is -1.17. The fourth-order valence-electron chi connectivity index (χ4n) is 7.92. The molecule has 2 aromatic carbocycles. The van der Waals surface area contributed by atoms with E-state index in [0.717, 1.165) is 22.4 Å². The summed E-state index contributed by atoms with van der Waals surface area (Å²) in [5.41, 5.74) is 2.05. The molecule has 14 heteroatoms. The molecule has 1 aliphatic heterocycles. The number of amides is 5. The molecule has 0 spiro atoms. The quantitative estimate of drug-likeness (QED) is 0.0850. The Bertz CT molecular complexity index is 2150. The van der Waals surface area contributed by atoms with Crippen molar-refractivity contribution >= 4 is 23.9 Å².